The van der Waals surface area contributed by atoms with E-state index >= 15 is 0 Å². The van der Waals surface area contributed by atoms with Crippen LogP contribution >= 0.6 is 11.6 Å². The van der Waals surface area contributed by atoms with E-state index in [2.05, 4.69) is 5.32 Å². The second-order valence-corrected chi connectivity index (χ2v) is 5.40. The van der Waals surface area contributed by atoms with Gasteiger partial charge in [-0.15, -0.1) is 0 Å². The lowest BCUT2D eigenvalue weighted by molar-refractivity contribution is -0.121. The summed E-state index contributed by atoms with van der Waals surface area (Å²) in [7, 11) is 0. The van der Waals surface area contributed by atoms with Crippen LogP contribution in [-0.4, -0.2) is 22.7 Å². The molecule has 0 saturated carbocycles. The molecule has 2 aromatic rings. The van der Waals surface area contributed by atoms with Gasteiger partial charge in [-0.05, 0) is 29.7 Å². The average Bonchev–Trinajstić information content (AvgIpc) is 2.50. The summed E-state index contributed by atoms with van der Waals surface area (Å²) in [5.74, 6) is -0.119. The number of amides is 1. The van der Waals surface area contributed by atoms with Gasteiger partial charge in [0.1, 0.15) is 5.75 Å². The molecule has 0 aliphatic rings. The number of carbonyl (C=O) groups is 1. The molecule has 1 atom stereocenters. The van der Waals surface area contributed by atoms with Crippen molar-refractivity contribution in [3.63, 3.8) is 0 Å². The average molecular weight is 320 g/mol. The molecule has 0 aliphatic carbocycles. The minimum atomic E-state index is -0.241. The van der Waals surface area contributed by atoms with Crippen molar-refractivity contribution in [2.45, 2.75) is 18.9 Å². The van der Waals surface area contributed by atoms with Crippen molar-refractivity contribution in [3.05, 3.63) is 64.7 Å². The molecule has 0 spiro atoms. The Morgan fingerprint density at radius 2 is 1.91 bits per heavy atom. The normalized spacial score (nSPS) is 11.9. The predicted molar refractivity (Wildman–Crippen MR) is 85.8 cm³/mol. The molecule has 116 valence electrons. The van der Waals surface area contributed by atoms with Gasteiger partial charge >= 0.3 is 0 Å². The Morgan fingerprint density at radius 1 is 1.18 bits per heavy atom. The standard InChI is InChI=1S/C17H18ClNO3/c18-15-11-14(21)7-6-13(15)10-17(22)19-16(8-9-20)12-4-2-1-3-5-12/h1-7,11,16,20-21H,8-10H2,(H,19,22). The van der Waals surface area contributed by atoms with Crippen molar-refractivity contribution in [1.29, 1.82) is 0 Å². The highest BCUT2D eigenvalue weighted by molar-refractivity contribution is 6.31. The van der Waals surface area contributed by atoms with E-state index in [1.807, 2.05) is 30.3 Å². The van der Waals surface area contributed by atoms with Crippen molar-refractivity contribution >= 4 is 17.5 Å². The predicted octanol–water partition coefficient (Wildman–Crippen LogP) is 2.83. The lowest BCUT2D eigenvalue weighted by Gasteiger charge is -2.18. The smallest absolute Gasteiger partial charge is 0.224 e. The van der Waals surface area contributed by atoms with Crippen LogP contribution < -0.4 is 5.32 Å². The second-order valence-electron chi connectivity index (χ2n) is 5.00. The maximum atomic E-state index is 12.2. The van der Waals surface area contributed by atoms with Gasteiger partial charge in [0.2, 0.25) is 5.91 Å². The molecular weight excluding hydrogens is 302 g/mol. The summed E-state index contributed by atoms with van der Waals surface area (Å²) in [6.45, 7) is -0.0141. The lowest BCUT2D eigenvalue weighted by atomic mass is 10.0. The monoisotopic (exact) mass is 319 g/mol. The molecule has 0 aromatic heterocycles. The van der Waals surface area contributed by atoms with Crippen molar-refractivity contribution in [2.75, 3.05) is 6.61 Å². The fourth-order valence-electron chi connectivity index (χ4n) is 2.23. The molecule has 0 fully saturated rings. The zero-order valence-corrected chi connectivity index (χ0v) is 12.8. The van der Waals surface area contributed by atoms with Crippen molar-refractivity contribution in [3.8, 4) is 5.75 Å². The van der Waals surface area contributed by atoms with E-state index < -0.39 is 0 Å². The fourth-order valence-corrected chi connectivity index (χ4v) is 2.48. The Hall–Kier alpha value is -2.04. The third-order valence-electron chi connectivity index (χ3n) is 3.34. The second kappa shape index (κ2) is 7.82. The first kappa shape index (κ1) is 16.3. The Bertz CT molecular complexity index is 631. The van der Waals surface area contributed by atoms with Crippen molar-refractivity contribution in [2.24, 2.45) is 0 Å². The number of benzene rings is 2. The van der Waals surface area contributed by atoms with Gasteiger partial charge in [0.05, 0.1) is 12.5 Å². The lowest BCUT2D eigenvalue weighted by Crippen LogP contribution is -2.30. The van der Waals surface area contributed by atoms with E-state index in [9.17, 15) is 15.0 Å². The van der Waals surface area contributed by atoms with Crippen LogP contribution in [0, 0.1) is 0 Å². The highest BCUT2D eigenvalue weighted by atomic mass is 35.5. The summed E-state index contributed by atoms with van der Waals surface area (Å²) < 4.78 is 0. The fraction of sp³-hybridized carbons (Fsp3) is 0.235. The molecule has 0 aliphatic heterocycles. The van der Waals surface area contributed by atoms with Gasteiger partial charge in [0.15, 0.2) is 0 Å². The number of hydrogen-bond acceptors (Lipinski definition) is 3. The van der Waals surface area contributed by atoms with Crippen LogP contribution in [0.3, 0.4) is 0 Å². The number of aliphatic hydroxyl groups excluding tert-OH is 1. The Balaban J connectivity index is 2.05. The largest absolute Gasteiger partial charge is 0.508 e. The molecule has 0 radical (unpaired) electrons. The van der Waals surface area contributed by atoms with Crippen LogP contribution in [-0.2, 0) is 11.2 Å². The number of nitrogens with one attached hydrogen (secondary N) is 1. The van der Waals surface area contributed by atoms with E-state index in [1.165, 1.54) is 12.1 Å². The molecule has 0 heterocycles. The van der Waals surface area contributed by atoms with Crippen molar-refractivity contribution in [1.82, 2.24) is 5.32 Å². The molecule has 22 heavy (non-hydrogen) atoms. The number of phenols is 1. The Morgan fingerprint density at radius 3 is 2.55 bits per heavy atom. The van der Waals surface area contributed by atoms with Crippen LogP contribution in [0.25, 0.3) is 0 Å². The summed E-state index contributed by atoms with van der Waals surface area (Å²) in [5.41, 5.74) is 1.59. The van der Waals surface area contributed by atoms with Crippen molar-refractivity contribution < 1.29 is 15.0 Å². The molecule has 3 N–H and O–H groups in total. The summed E-state index contributed by atoms with van der Waals surface area (Å²) >= 11 is 6.01. The zero-order valence-electron chi connectivity index (χ0n) is 12.0. The Labute approximate surface area is 134 Å². The number of aromatic hydroxyl groups is 1. The zero-order chi connectivity index (χ0) is 15.9. The maximum absolute atomic E-state index is 12.2. The van der Waals surface area contributed by atoms with Crippen LogP contribution in [0.4, 0.5) is 0 Å². The number of phenolic OH excluding ortho intramolecular Hbond substituents is 1. The van der Waals surface area contributed by atoms with Crippen LogP contribution in [0.5, 0.6) is 5.75 Å². The number of halogens is 1. The quantitative estimate of drug-likeness (QED) is 0.767. The molecule has 0 bridgehead atoms. The topological polar surface area (TPSA) is 69.6 Å². The first-order valence-electron chi connectivity index (χ1n) is 7.02. The van der Waals surface area contributed by atoms with E-state index in [4.69, 9.17) is 11.6 Å². The molecular formula is C17H18ClNO3. The first-order chi connectivity index (χ1) is 10.6. The van der Waals surface area contributed by atoms with Crippen LogP contribution in [0.1, 0.15) is 23.6 Å². The number of carbonyl (C=O) groups excluding carboxylic acids is 1. The summed E-state index contributed by atoms with van der Waals surface area (Å²) in [6.07, 6.45) is 0.562. The third kappa shape index (κ3) is 4.48. The van der Waals surface area contributed by atoms with E-state index in [1.54, 1.807) is 6.07 Å². The first-order valence-corrected chi connectivity index (χ1v) is 7.40. The molecule has 0 saturated heterocycles. The third-order valence-corrected chi connectivity index (χ3v) is 3.69. The van der Waals surface area contributed by atoms with Gasteiger partial charge < -0.3 is 15.5 Å². The van der Waals surface area contributed by atoms with Gasteiger partial charge in [-0.2, -0.15) is 0 Å². The summed E-state index contributed by atoms with van der Waals surface area (Å²) in [6, 6.07) is 13.8. The summed E-state index contributed by atoms with van der Waals surface area (Å²) in [5, 5.41) is 21.8. The van der Waals surface area contributed by atoms with Crippen LogP contribution in [0.2, 0.25) is 5.02 Å². The molecule has 1 unspecified atom stereocenters. The SMILES string of the molecule is O=C(Cc1ccc(O)cc1Cl)NC(CCO)c1ccccc1. The maximum Gasteiger partial charge on any atom is 0.224 e. The molecule has 2 rings (SSSR count). The van der Waals surface area contributed by atoms with Gasteiger partial charge in [-0.3, -0.25) is 4.79 Å². The molecule has 4 nitrogen and oxygen atoms in total. The van der Waals surface area contributed by atoms with E-state index in [0.717, 1.165) is 5.56 Å². The molecule has 5 heteroatoms. The number of rotatable bonds is 6. The van der Waals surface area contributed by atoms with Crippen LogP contribution in [0.15, 0.2) is 48.5 Å². The number of hydrogen-bond donors (Lipinski definition) is 3. The summed E-state index contributed by atoms with van der Waals surface area (Å²) in [4.78, 5) is 12.2. The van der Waals surface area contributed by atoms with Gasteiger partial charge in [0.25, 0.3) is 0 Å². The highest BCUT2D eigenvalue weighted by Gasteiger charge is 2.15. The Kier molecular flexibility index (Phi) is 5.81. The highest BCUT2D eigenvalue weighted by Crippen LogP contribution is 2.22. The van der Waals surface area contributed by atoms with Gasteiger partial charge in [0, 0.05) is 11.6 Å². The molecule has 1 amide bonds. The minimum Gasteiger partial charge on any atom is -0.508 e. The minimum absolute atomic E-state index is 0.0141. The molecule has 2 aromatic carbocycles. The van der Waals surface area contributed by atoms with Gasteiger partial charge in [-0.25, -0.2) is 0 Å². The number of aliphatic hydroxyl groups is 1. The van der Waals surface area contributed by atoms with E-state index in [0.29, 0.717) is 17.0 Å². The van der Waals surface area contributed by atoms with E-state index in [-0.39, 0.29) is 30.7 Å². The van der Waals surface area contributed by atoms with Gasteiger partial charge in [-0.1, -0.05) is 48.0 Å².